The summed E-state index contributed by atoms with van der Waals surface area (Å²) in [5.41, 5.74) is 0. The van der Waals surface area contributed by atoms with Gasteiger partial charge in [-0.2, -0.15) is 0 Å². The van der Waals surface area contributed by atoms with Gasteiger partial charge in [0, 0.05) is 0 Å². The fourth-order valence-electron chi connectivity index (χ4n) is 0.846. The third kappa shape index (κ3) is 6.26. The summed E-state index contributed by atoms with van der Waals surface area (Å²) >= 11 is 0. The smallest absolute Gasteiger partial charge is 0.323 e. The number of carbonyl (C=O) groups is 3. The third-order valence-corrected chi connectivity index (χ3v) is 1.44. The van der Waals surface area contributed by atoms with Gasteiger partial charge >= 0.3 is 18.0 Å². The second kappa shape index (κ2) is 7.11. The van der Waals surface area contributed by atoms with Crippen LogP contribution in [-0.4, -0.2) is 52.7 Å². The summed E-state index contributed by atoms with van der Waals surface area (Å²) in [5, 5.41) is 19.2. The lowest BCUT2D eigenvalue weighted by molar-refractivity contribution is -0.140. The van der Waals surface area contributed by atoms with Crippen molar-refractivity contribution in [2.24, 2.45) is 0 Å². The van der Waals surface area contributed by atoms with Crippen LogP contribution in [0, 0.1) is 11.8 Å². The van der Waals surface area contributed by atoms with E-state index in [0.717, 1.165) is 0 Å². The van der Waals surface area contributed by atoms with Gasteiger partial charge in [-0.05, 0) is 6.92 Å². The van der Waals surface area contributed by atoms with Crippen LogP contribution in [0.3, 0.4) is 0 Å². The molecule has 7 heteroatoms. The second-order valence-corrected chi connectivity index (χ2v) is 2.73. The van der Waals surface area contributed by atoms with E-state index < -0.39 is 31.1 Å². The maximum Gasteiger partial charge on any atom is 0.323 e. The predicted octanol–water partition coefficient (Wildman–Crippen LogP) is -0.809. The maximum absolute atomic E-state index is 11.3. The van der Waals surface area contributed by atoms with Gasteiger partial charge in [0.05, 0.1) is 6.54 Å². The first kappa shape index (κ1) is 13.8. The van der Waals surface area contributed by atoms with Crippen LogP contribution in [0.2, 0.25) is 0 Å². The van der Waals surface area contributed by atoms with Gasteiger partial charge in [0.15, 0.2) is 0 Å². The fraction of sp³-hybridized carbons (Fsp3) is 0.444. The lowest BCUT2D eigenvalue weighted by Gasteiger charge is -2.17. The molecule has 0 spiro atoms. The molecule has 0 heterocycles. The van der Waals surface area contributed by atoms with Crippen molar-refractivity contribution in [1.29, 1.82) is 0 Å². The third-order valence-electron chi connectivity index (χ3n) is 1.44. The lowest BCUT2D eigenvalue weighted by atomic mass is 10.5. The molecule has 3 N–H and O–H groups in total. The van der Waals surface area contributed by atoms with Gasteiger partial charge in [0.1, 0.15) is 13.1 Å². The molecule has 16 heavy (non-hydrogen) atoms. The molecule has 0 aliphatic heterocycles. The molecule has 2 amide bonds. The van der Waals surface area contributed by atoms with Crippen molar-refractivity contribution in [1.82, 2.24) is 10.2 Å². The Labute approximate surface area is 92.0 Å². The number of urea groups is 1. The van der Waals surface area contributed by atoms with Crippen molar-refractivity contribution in [2.45, 2.75) is 6.92 Å². The summed E-state index contributed by atoms with van der Waals surface area (Å²) < 4.78 is 0. The summed E-state index contributed by atoms with van der Waals surface area (Å²) in [7, 11) is 0. The van der Waals surface area contributed by atoms with Crippen molar-refractivity contribution in [3.63, 3.8) is 0 Å². The zero-order chi connectivity index (χ0) is 12.6. The highest BCUT2D eigenvalue weighted by Crippen LogP contribution is 1.89. The van der Waals surface area contributed by atoms with Crippen molar-refractivity contribution >= 4 is 18.0 Å². The summed E-state index contributed by atoms with van der Waals surface area (Å²) in [6.07, 6.45) is 0. The minimum Gasteiger partial charge on any atom is -0.480 e. The van der Waals surface area contributed by atoms with Crippen LogP contribution < -0.4 is 5.32 Å². The van der Waals surface area contributed by atoms with Crippen LogP contribution in [0.1, 0.15) is 6.92 Å². The van der Waals surface area contributed by atoms with Gasteiger partial charge in [-0.25, -0.2) is 4.79 Å². The molecule has 0 aliphatic carbocycles. The number of aliphatic carboxylic acids is 2. The largest absolute Gasteiger partial charge is 0.480 e. The Morgan fingerprint density at radius 1 is 1.19 bits per heavy atom. The number of carbonyl (C=O) groups excluding carboxylic acids is 1. The average Bonchev–Trinajstić information content (AvgIpc) is 2.15. The predicted molar refractivity (Wildman–Crippen MR) is 53.7 cm³/mol. The Morgan fingerprint density at radius 2 is 1.69 bits per heavy atom. The Kier molecular flexibility index (Phi) is 6.12. The van der Waals surface area contributed by atoms with Crippen LogP contribution in [0.15, 0.2) is 0 Å². The monoisotopic (exact) mass is 228 g/mol. The van der Waals surface area contributed by atoms with Crippen LogP contribution in [0.25, 0.3) is 0 Å². The van der Waals surface area contributed by atoms with Crippen LogP contribution in [-0.2, 0) is 9.59 Å². The highest BCUT2D eigenvalue weighted by Gasteiger charge is 2.18. The molecule has 0 aromatic rings. The van der Waals surface area contributed by atoms with Gasteiger partial charge in [0.2, 0.25) is 0 Å². The zero-order valence-corrected chi connectivity index (χ0v) is 8.69. The van der Waals surface area contributed by atoms with E-state index in [1.165, 1.54) is 0 Å². The van der Waals surface area contributed by atoms with E-state index in [1.807, 2.05) is 0 Å². The molecule has 0 bridgehead atoms. The normalized spacial score (nSPS) is 8.56. The molecule has 0 saturated heterocycles. The van der Waals surface area contributed by atoms with Crippen molar-refractivity contribution in [3.05, 3.63) is 0 Å². The van der Waals surface area contributed by atoms with E-state index in [0.29, 0.717) is 4.90 Å². The Bertz CT molecular complexity index is 326. The molecule has 0 radical (unpaired) electrons. The molecule has 0 atom stereocenters. The Morgan fingerprint density at radius 3 is 2.06 bits per heavy atom. The molecule has 0 unspecified atom stereocenters. The summed E-state index contributed by atoms with van der Waals surface area (Å²) in [6, 6.07) is -0.771. The second-order valence-electron chi connectivity index (χ2n) is 2.73. The standard InChI is InChI=1S/C9H12N2O5/c1-2-3-4-10-9(16)11(5-7(12)13)6-8(14)15/h4-6H2,1H3,(H,10,16)(H,12,13)(H,14,15). The number of hydrogen-bond donors (Lipinski definition) is 3. The van der Waals surface area contributed by atoms with Gasteiger partial charge in [-0.15, -0.1) is 5.92 Å². The van der Waals surface area contributed by atoms with Crippen LogP contribution >= 0.6 is 0 Å². The average molecular weight is 228 g/mol. The molecule has 0 aromatic carbocycles. The lowest BCUT2D eigenvalue weighted by Crippen LogP contribution is -2.45. The SMILES string of the molecule is CC#CCNC(=O)N(CC(=O)O)CC(=O)O. The molecule has 0 rings (SSSR count). The van der Waals surface area contributed by atoms with Gasteiger partial charge < -0.3 is 20.4 Å². The molecule has 88 valence electrons. The van der Waals surface area contributed by atoms with Crippen molar-refractivity contribution in [3.8, 4) is 11.8 Å². The summed E-state index contributed by atoms with van der Waals surface area (Å²) in [6.45, 7) is 0.291. The molecule has 7 nitrogen and oxygen atoms in total. The molecule has 0 saturated carbocycles. The minimum absolute atomic E-state index is 0.0467. The number of rotatable bonds is 5. The first-order valence-electron chi connectivity index (χ1n) is 4.33. The Balaban J connectivity index is 4.34. The topological polar surface area (TPSA) is 107 Å². The number of amides is 2. The van der Waals surface area contributed by atoms with E-state index in [2.05, 4.69) is 17.2 Å². The number of carboxylic acids is 2. The highest BCUT2D eigenvalue weighted by atomic mass is 16.4. The van der Waals surface area contributed by atoms with Crippen LogP contribution in [0.5, 0.6) is 0 Å². The zero-order valence-electron chi connectivity index (χ0n) is 8.69. The quantitative estimate of drug-likeness (QED) is 0.533. The van der Waals surface area contributed by atoms with Gasteiger partial charge in [-0.3, -0.25) is 9.59 Å². The van der Waals surface area contributed by atoms with Gasteiger partial charge in [-0.1, -0.05) is 5.92 Å². The van der Waals surface area contributed by atoms with E-state index in [4.69, 9.17) is 10.2 Å². The van der Waals surface area contributed by atoms with E-state index >= 15 is 0 Å². The number of hydrogen-bond acceptors (Lipinski definition) is 3. The van der Waals surface area contributed by atoms with E-state index in [9.17, 15) is 14.4 Å². The first-order chi connectivity index (χ1) is 7.47. The molecule has 0 fully saturated rings. The highest BCUT2D eigenvalue weighted by molar-refractivity contribution is 5.84. The molecule has 0 aliphatic rings. The maximum atomic E-state index is 11.3. The number of carboxylic acid groups (broad SMARTS) is 2. The molecule has 0 aromatic heterocycles. The first-order valence-corrected chi connectivity index (χ1v) is 4.33. The Hall–Kier alpha value is -2.23. The van der Waals surface area contributed by atoms with E-state index in [-0.39, 0.29) is 6.54 Å². The van der Waals surface area contributed by atoms with E-state index in [1.54, 1.807) is 6.92 Å². The molecular formula is C9H12N2O5. The minimum atomic E-state index is -1.28. The van der Waals surface area contributed by atoms with Crippen molar-refractivity contribution < 1.29 is 24.6 Å². The van der Waals surface area contributed by atoms with Crippen LogP contribution in [0.4, 0.5) is 4.79 Å². The fourth-order valence-corrected chi connectivity index (χ4v) is 0.846. The summed E-state index contributed by atoms with van der Waals surface area (Å²) in [4.78, 5) is 32.7. The number of nitrogens with zero attached hydrogens (tertiary/aromatic N) is 1. The molecular weight excluding hydrogens is 216 g/mol. The number of nitrogens with one attached hydrogen (secondary N) is 1. The van der Waals surface area contributed by atoms with Gasteiger partial charge in [0.25, 0.3) is 0 Å². The summed E-state index contributed by atoms with van der Waals surface area (Å²) in [5.74, 6) is 2.51. The van der Waals surface area contributed by atoms with Crippen molar-refractivity contribution in [2.75, 3.05) is 19.6 Å².